The van der Waals surface area contributed by atoms with Gasteiger partial charge in [-0.1, -0.05) is 12.1 Å². The molecular formula is C14H14N2O3. The Morgan fingerprint density at radius 2 is 1.95 bits per heavy atom. The summed E-state index contributed by atoms with van der Waals surface area (Å²) in [5.41, 5.74) is 6.40. The van der Waals surface area contributed by atoms with Gasteiger partial charge < -0.3 is 15.2 Å². The highest BCUT2D eigenvalue weighted by Gasteiger charge is 2.15. The molecule has 5 nitrogen and oxygen atoms in total. The molecule has 1 heterocycles. The van der Waals surface area contributed by atoms with Gasteiger partial charge >= 0.3 is 5.97 Å². The van der Waals surface area contributed by atoms with Gasteiger partial charge in [-0.25, -0.2) is 0 Å². The minimum absolute atomic E-state index is 0.471. The van der Waals surface area contributed by atoms with Gasteiger partial charge in [0, 0.05) is 6.20 Å². The molecule has 5 heteroatoms. The highest BCUT2D eigenvalue weighted by Crippen LogP contribution is 2.22. The zero-order chi connectivity index (χ0) is 13.7. The van der Waals surface area contributed by atoms with Crippen molar-refractivity contribution in [1.82, 2.24) is 4.98 Å². The lowest BCUT2D eigenvalue weighted by atomic mass is 10.1. The van der Waals surface area contributed by atoms with Gasteiger partial charge in [0.15, 0.2) is 0 Å². The van der Waals surface area contributed by atoms with E-state index in [0.29, 0.717) is 17.1 Å². The molecule has 2 N–H and O–H groups in total. The van der Waals surface area contributed by atoms with Gasteiger partial charge in [-0.2, -0.15) is 0 Å². The van der Waals surface area contributed by atoms with Crippen LogP contribution >= 0.6 is 0 Å². The zero-order valence-electron chi connectivity index (χ0n) is 10.4. The van der Waals surface area contributed by atoms with Crippen LogP contribution in [0.4, 0.5) is 0 Å². The number of pyridine rings is 1. The van der Waals surface area contributed by atoms with Crippen molar-refractivity contribution in [2.75, 3.05) is 7.11 Å². The van der Waals surface area contributed by atoms with Crippen LogP contribution in [0.2, 0.25) is 0 Å². The van der Waals surface area contributed by atoms with E-state index in [9.17, 15) is 4.79 Å². The summed E-state index contributed by atoms with van der Waals surface area (Å²) in [6, 6.07) is 9.76. The molecule has 1 aromatic heterocycles. The Balaban J connectivity index is 2.08. The third kappa shape index (κ3) is 3.29. The van der Waals surface area contributed by atoms with E-state index in [4.69, 9.17) is 10.5 Å². The average Bonchev–Trinajstić information content (AvgIpc) is 2.47. The monoisotopic (exact) mass is 258 g/mol. The van der Waals surface area contributed by atoms with Crippen molar-refractivity contribution in [3.63, 3.8) is 0 Å². The van der Waals surface area contributed by atoms with Crippen LogP contribution in [0.15, 0.2) is 48.8 Å². The Hall–Kier alpha value is -2.40. The van der Waals surface area contributed by atoms with E-state index in [-0.39, 0.29) is 0 Å². The van der Waals surface area contributed by atoms with Crippen LogP contribution in [-0.2, 0) is 9.53 Å². The minimum Gasteiger partial charge on any atom is -0.468 e. The second kappa shape index (κ2) is 5.97. The van der Waals surface area contributed by atoms with E-state index in [0.717, 1.165) is 0 Å². The Morgan fingerprint density at radius 1 is 1.21 bits per heavy atom. The van der Waals surface area contributed by atoms with Gasteiger partial charge in [0.25, 0.3) is 0 Å². The molecule has 2 rings (SSSR count). The van der Waals surface area contributed by atoms with Crippen LogP contribution in [0, 0.1) is 0 Å². The normalized spacial score (nSPS) is 11.7. The van der Waals surface area contributed by atoms with Crippen molar-refractivity contribution < 1.29 is 14.3 Å². The van der Waals surface area contributed by atoms with Gasteiger partial charge in [0.1, 0.15) is 17.5 Å². The summed E-state index contributed by atoms with van der Waals surface area (Å²) < 4.78 is 10.2. The van der Waals surface area contributed by atoms with Crippen LogP contribution < -0.4 is 10.5 Å². The second-order valence-corrected chi connectivity index (χ2v) is 3.86. The molecule has 0 fully saturated rings. The average molecular weight is 258 g/mol. The van der Waals surface area contributed by atoms with E-state index in [1.165, 1.54) is 7.11 Å². The van der Waals surface area contributed by atoms with Crippen molar-refractivity contribution in [2.24, 2.45) is 5.73 Å². The quantitative estimate of drug-likeness (QED) is 0.849. The predicted molar refractivity (Wildman–Crippen MR) is 69.7 cm³/mol. The fourth-order valence-corrected chi connectivity index (χ4v) is 1.55. The fraction of sp³-hybridized carbons (Fsp3) is 0.143. The third-order valence-electron chi connectivity index (χ3n) is 2.56. The second-order valence-electron chi connectivity index (χ2n) is 3.86. The largest absolute Gasteiger partial charge is 0.468 e. The van der Waals surface area contributed by atoms with Gasteiger partial charge in [0.05, 0.1) is 13.3 Å². The number of esters is 1. The summed E-state index contributed by atoms with van der Waals surface area (Å²) in [4.78, 5) is 15.3. The third-order valence-corrected chi connectivity index (χ3v) is 2.56. The van der Waals surface area contributed by atoms with Gasteiger partial charge in [-0.15, -0.1) is 0 Å². The summed E-state index contributed by atoms with van der Waals surface area (Å²) in [6.45, 7) is 0. The van der Waals surface area contributed by atoms with Crippen molar-refractivity contribution in [3.05, 3.63) is 54.4 Å². The molecule has 0 saturated heterocycles. The molecule has 0 aliphatic rings. The van der Waals surface area contributed by atoms with Crippen LogP contribution in [0.25, 0.3) is 0 Å². The molecule has 19 heavy (non-hydrogen) atoms. The van der Waals surface area contributed by atoms with Gasteiger partial charge in [-0.3, -0.25) is 9.78 Å². The first-order chi connectivity index (χ1) is 9.20. The first-order valence-corrected chi connectivity index (χ1v) is 5.72. The number of benzene rings is 1. The standard InChI is InChI=1S/C14H14N2O3/c1-18-14(17)13(15)10-4-6-11(7-5-10)19-12-3-2-8-16-9-12/h2-9,13H,15H2,1H3. The van der Waals surface area contributed by atoms with E-state index in [1.807, 2.05) is 0 Å². The molecule has 98 valence electrons. The maximum absolute atomic E-state index is 11.3. The Bertz CT molecular complexity index is 540. The van der Waals surface area contributed by atoms with Gasteiger partial charge in [0.2, 0.25) is 0 Å². The number of aromatic nitrogens is 1. The van der Waals surface area contributed by atoms with Crippen LogP contribution in [0.3, 0.4) is 0 Å². The highest BCUT2D eigenvalue weighted by atomic mass is 16.5. The lowest BCUT2D eigenvalue weighted by molar-refractivity contribution is -0.142. The number of methoxy groups -OCH3 is 1. The predicted octanol–water partition coefficient (Wildman–Crippen LogP) is 2.05. The molecule has 0 radical (unpaired) electrons. The Morgan fingerprint density at radius 3 is 2.53 bits per heavy atom. The molecule has 1 atom stereocenters. The Labute approximate surface area is 111 Å². The molecule has 0 amide bonds. The smallest absolute Gasteiger partial charge is 0.327 e. The molecule has 1 aromatic carbocycles. The summed E-state index contributed by atoms with van der Waals surface area (Å²) >= 11 is 0. The molecule has 0 saturated carbocycles. The topological polar surface area (TPSA) is 74.4 Å². The first-order valence-electron chi connectivity index (χ1n) is 5.72. The van der Waals surface area contributed by atoms with E-state index < -0.39 is 12.0 Å². The van der Waals surface area contributed by atoms with Crippen LogP contribution in [0.5, 0.6) is 11.5 Å². The maximum atomic E-state index is 11.3. The van der Waals surface area contributed by atoms with E-state index in [1.54, 1.807) is 48.8 Å². The number of ether oxygens (including phenoxy) is 2. The van der Waals surface area contributed by atoms with Crippen LogP contribution in [0.1, 0.15) is 11.6 Å². The van der Waals surface area contributed by atoms with E-state index >= 15 is 0 Å². The maximum Gasteiger partial charge on any atom is 0.327 e. The number of rotatable bonds is 4. The molecule has 2 aromatic rings. The van der Waals surface area contributed by atoms with Crippen molar-refractivity contribution in [1.29, 1.82) is 0 Å². The number of hydrogen-bond donors (Lipinski definition) is 1. The number of carbonyl (C=O) groups is 1. The Kier molecular flexibility index (Phi) is 4.10. The molecule has 0 aliphatic carbocycles. The molecular weight excluding hydrogens is 244 g/mol. The first kappa shape index (κ1) is 13.0. The summed E-state index contributed by atoms with van der Waals surface area (Å²) in [5, 5.41) is 0. The van der Waals surface area contributed by atoms with Crippen molar-refractivity contribution in [2.45, 2.75) is 6.04 Å². The molecule has 0 aliphatic heterocycles. The molecule has 0 bridgehead atoms. The van der Waals surface area contributed by atoms with E-state index in [2.05, 4.69) is 9.72 Å². The number of carbonyl (C=O) groups excluding carboxylic acids is 1. The number of nitrogens with zero attached hydrogens (tertiary/aromatic N) is 1. The SMILES string of the molecule is COC(=O)C(N)c1ccc(Oc2cccnc2)cc1. The zero-order valence-corrected chi connectivity index (χ0v) is 10.4. The summed E-state index contributed by atoms with van der Waals surface area (Å²) in [5.74, 6) is 0.822. The summed E-state index contributed by atoms with van der Waals surface area (Å²) in [6.07, 6.45) is 3.29. The van der Waals surface area contributed by atoms with Gasteiger partial charge in [-0.05, 0) is 29.8 Å². The minimum atomic E-state index is -0.780. The number of hydrogen-bond acceptors (Lipinski definition) is 5. The fourth-order valence-electron chi connectivity index (χ4n) is 1.55. The molecule has 0 spiro atoms. The number of nitrogens with two attached hydrogens (primary N) is 1. The van der Waals surface area contributed by atoms with Crippen LogP contribution in [-0.4, -0.2) is 18.1 Å². The van der Waals surface area contributed by atoms with Crippen molar-refractivity contribution in [3.8, 4) is 11.5 Å². The lowest BCUT2D eigenvalue weighted by Crippen LogP contribution is -2.22. The molecule has 1 unspecified atom stereocenters. The highest BCUT2D eigenvalue weighted by molar-refractivity contribution is 5.77. The van der Waals surface area contributed by atoms with Crippen molar-refractivity contribution >= 4 is 5.97 Å². The lowest BCUT2D eigenvalue weighted by Gasteiger charge is -2.10. The summed E-state index contributed by atoms with van der Waals surface area (Å²) in [7, 11) is 1.31.